The third kappa shape index (κ3) is 8.10. The summed E-state index contributed by atoms with van der Waals surface area (Å²) in [4.78, 5) is 0. The maximum atomic E-state index is 5.57. The summed E-state index contributed by atoms with van der Waals surface area (Å²) in [6.07, 6.45) is 12.4. The highest BCUT2D eigenvalue weighted by atomic mass is 35.5. The molecule has 1 heterocycles. The van der Waals surface area contributed by atoms with E-state index in [9.17, 15) is 0 Å². The monoisotopic (exact) mass is 282 g/mol. The molecule has 106 valence electrons. The van der Waals surface area contributed by atoms with Crippen LogP contribution in [0.25, 0.3) is 0 Å². The van der Waals surface area contributed by atoms with E-state index in [1.807, 2.05) is 6.92 Å². The Bertz CT molecular complexity index is 343. The summed E-state index contributed by atoms with van der Waals surface area (Å²) in [7, 11) is 0. The van der Waals surface area contributed by atoms with Crippen molar-refractivity contribution in [2.75, 3.05) is 13.2 Å². The number of allylic oxidation sites excluding steroid dienone is 3. The second-order valence-electron chi connectivity index (χ2n) is 4.72. The van der Waals surface area contributed by atoms with Gasteiger partial charge in [0.1, 0.15) is 0 Å². The third-order valence-corrected chi connectivity index (χ3v) is 3.16. The maximum absolute atomic E-state index is 5.57. The van der Waals surface area contributed by atoms with Gasteiger partial charge in [-0.05, 0) is 32.3 Å². The van der Waals surface area contributed by atoms with E-state index in [0.717, 1.165) is 38.9 Å². The number of ether oxygens (including phenoxy) is 2. The second kappa shape index (κ2) is 10.1. The first-order valence-corrected chi connectivity index (χ1v) is 7.37. The van der Waals surface area contributed by atoms with Gasteiger partial charge in [-0.2, -0.15) is 0 Å². The van der Waals surface area contributed by atoms with E-state index in [4.69, 9.17) is 21.1 Å². The Kier molecular flexibility index (Phi) is 8.66. The predicted octanol–water partition coefficient (Wildman–Crippen LogP) is 4.40. The lowest BCUT2D eigenvalue weighted by molar-refractivity contribution is -0.147. The van der Waals surface area contributed by atoms with E-state index in [-0.39, 0.29) is 5.79 Å². The Morgan fingerprint density at radius 3 is 2.68 bits per heavy atom. The molecule has 19 heavy (non-hydrogen) atoms. The minimum atomic E-state index is -0.318. The van der Waals surface area contributed by atoms with Gasteiger partial charge in [0, 0.05) is 18.4 Å². The van der Waals surface area contributed by atoms with Gasteiger partial charge in [-0.1, -0.05) is 42.0 Å². The largest absolute Gasteiger partial charge is 0.348 e. The van der Waals surface area contributed by atoms with E-state index in [0.29, 0.717) is 0 Å². The number of hydrogen-bond donors (Lipinski definition) is 0. The van der Waals surface area contributed by atoms with Gasteiger partial charge in [0.05, 0.1) is 13.2 Å². The topological polar surface area (TPSA) is 18.5 Å². The Hall–Kier alpha value is -0.750. The summed E-state index contributed by atoms with van der Waals surface area (Å²) in [5.74, 6) is 5.51. The molecule has 0 bridgehead atoms. The van der Waals surface area contributed by atoms with E-state index < -0.39 is 0 Å². The highest BCUT2D eigenvalue weighted by Crippen LogP contribution is 2.25. The quantitative estimate of drug-likeness (QED) is 0.391. The Morgan fingerprint density at radius 1 is 1.16 bits per heavy atom. The van der Waals surface area contributed by atoms with Crippen molar-refractivity contribution >= 4 is 11.6 Å². The Labute approximate surface area is 121 Å². The second-order valence-corrected chi connectivity index (χ2v) is 4.97. The van der Waals surface area contributed by atoms with Gasteiger partial charge < -0.3 is 9.47 Å². The molecule has 1 rings (SSSR count). The van der Waals surface area contributed by atoms with Crippen LogP contribution in [-0.4, -0.2) is 19.0 Å². The van der Waals surface area contributed by atoms with Crippen LogP contribution in [0.2, 0.25) is 0 Å². The highest BCUT2D eigenvalue weighted by Gasteiger charge is 2.29. The summed E-state index contributed by atoms with van der Waals surface area (Å²) >= 11 is 5.35. The molecule has 2 nitrogen and oxygen atoms in total. The molecular weight excluding hydrogens is 260 g/mol. The Balaban J connectivity index is 1.94. The normalized spacial score (nSPS) is 18.0. The molecule has 0 aliphatic carbocycles. The first kappa shape index (κ1) is 16.3. The summed E-state index contributed by atoms with van der Waals surface area (Å²) in [6.45, 7) is 3.51. The summed E-state index contributed by atoms with van der Waals surface area (Å²) in [6, 6.07) is 0. The van der Waals surface area contributed by atoms with Crippen LogP contribution < -0.4 is 0 Å². The van der Waals surface area contributed by atoms with Crippen molar-refractivity contribution in [1.29, 1.82) is 0 Å². The zero-order valence-electron chi connectivity index (χ0n) is 11.7. The lowest BCUT2D eigenvalue weighted by atomic mass is 10.1. The fourth-order valence-electron chi connectivity index (χ4n) is 2.00. The van der Waals surface area contributed by atoms with Gasteiger partial charge in [-0.3, -0.25) is 0 Å². The van der Waals surface area contributed by atoms with Crippen LogP contribution in [0.3, 0.4) is 0 Å². The maximum Gasteiger partial charge on any atom is 0.165 e. The van der Waals surface area contributed by atoms with Crippen LogP contribution in [0.5, 0.6) is 0 Å². The zero-order chi connectivity index (χ0) is 13.8. The molecule has 3 heteroatoms. The number of halogens is 1. The molecule has 1 aliphatic heterocycles. The average molecular weight is 283 g/mol. The molecule has 0 radical (unpaired) electrons. The van der Waals surface area contributed by atoms with Crippen molar-refractivity contribution in [3.05, 3.63) is 23.8 Å². The van der Waals surface area contributed by atoms with Crippen molar-refractivity contribution in [2.24, 2.45) is 0 Å². The van der Waals surface area contributed by atoms with Crippen LogP contribution >= 0.6 is 11.6 Å². The van der Waals surface area contributed by atoms with Crippen molar-refractivity contribution < 1.29 is 9.47 Å². The van der Waals surface area contributed by atoms with E-state index in [1.54, 1.807) is 6.08 Å². The number of unbranched alkanes of at least 4 members (excludes halogenated alkanes) is 3. The average Bonchev–Trinajstić information content (AvgIpc) is 2.83. The molecule has 0 N–H and O–H groups in total. The van der Waals surface area contributed by atoms with Crippen molar-refractivity contribution in [2.45, 2.75) is 51.2 Å². The smallest absolute Gasteiger partial charge is 0.165 e. The molecular formula is C16H23ClO2. The molecule has 0 aromatic carbocycles. The van der Waals surface area contributed by atoms with E-state index in [2.05, 4.69) is 24.0 Å². The first-order valence-electron chi connectivity index (χ1n) is 6.93. The van der Waals surface area contributed by atoms with Gasteiger partial charge in [-0.15, -0.1) is 0 Å². The minimum absolute atomic E-state index is 0.318. The molecule has 0 aromatic heterocycles. The van der Waals surface area contributed by atoms with Crippen LogP contribution in [0, 0.1) is 11.8 Å². The van der Waals surface area contributed by atoms with Crippen LogP contribution in [0.1, 0.15) is 45.4 Å². The lowest BCUT2D eigenvalue weighted by Gasteiger charge is -2.21. The SMILES string of the molecule is CC1(CCCCC/C=C\CC#C/C=C\Cl)OCCO1. The molecule has 0 unspecified atom stereocenters. The van der Waals surface area contributed by atoms with Crippen molar-refractivity contribution in [1.82, 2.24) is 0 Å². The minimum Gasteiger partial charge on any atom is -0.348 e. The van der Waals surface area contributed by atoms with Gasteiger partial charge in [-0.25, -0.2) is 0 Å². The van der Waals surface area contributed by atoms with Crippen LogP contribution in [0.4, 0.5) is 0 Å². The fraction of sp³-hybridized carbons (Fsp3) is 0.625. The number of hydrogen-bond acceptors (Lipinski definition) is 2. The van der Waals surface area contributed by atoms with E-state index in [1.165, 1.54) is 18.4 Å². The third-order valence-electron chi connectivity index (χ3n) is 3.03. The number of rotatable bonds is 7. The lowest BCUT2D eigenvalue weighted by Crippen LogP contribution is -2.24. The molecule has 0 aromatic rings. The molecule has 0 amide bonds. The van der Waals surface area contributed by atoms with Crippen LogP contribution in [0.15, 0.2) is 23.8 Å². The standard InChI is InChI=1S/C16H23ClO2/c1-16(18-14-15-19-16)12-10-8-6-4-2-3-5-7-9-11-13-17/h2-3,11,13H,4-6,8,10,12,14-15H2,1H3/b3-2-,13-11-. The van der Waals surface area contributed by atoms with Crippen molar-refractivity contribution in [3.63, 3.8) is 0 Å². The molecule has 1 fully saturated rings. The van der Waals surface area contributed by atoms with Gasteiger partial charge >= 0.3 is 0 Å². The molecule has 0 atom stereocenters. The Morgan fingerprint density at radius 2 is 1.95 bits per heavy atom. The molecule has 0 spiro atoms. The predicted molar refractivity (Wildman–Crippen MR) is 79.9 cm³/mol. The molecule has 0 saturated carbocycles. The van der Waals surface area contributed by atoms with Gasteiger partial charge in [0.15, 0.2) is 5.79 Å². The van der Waals surface area contributed by atoms with Crippen LogP contribution in [-0.2, 0) is 9.47 Å². The highest BCUT2D eigenvalue weighted by molar-refractivity contribution is 6.25. The van der Waals surface area contributed by atoms with Gasteiger partial charge in [0.25, 0.3) is 0 Å². The van der Waals surface area contributed by atoms with E-state index >= 15 is 0 Å². The summed E-state index contributed by atoms with van der Waals surface area (Å²) < 4.78 is 11.1. The molecule has 1 aliphatic rings. The zero-order valence-corrected chi connectivity index (χ0v) is 12.4. The molecule has 1 saturated heterocycles. The van der Waals surface area contributed by atoms with Gasteiger partial charge in [0.2, 0.25) is 0 Å². The summed E-state index contributed by atoms with van der Waals surface area (Å²) in [5, 5.41) is 0. The fourth-order valence-corrected chi connectivity index (χ4v) is 2.06. The van der Waals surface area contributed by atoms with Crippen molar-refractivity contribution in [3.8, 4) is 11.8 Å². The first-order chi connectivity index (χ1) is 9.27. The summed E-state index contributed by atoms with van der Waals surface area (Å²) in [5.41, 5.74) is 1.43.